The molecular weight excluding hydrogens is 404 g/mol. The van der Waals surface area contributed by atoms with Gasteiger partial charge in [0.1, 0.15) is 11.9 Å². The molecule has 0 N–H and O–H groups in total. The number of benzene rings is 1. The van der Waals surface area contributed by atoms with Crippen LogP contribution in [0.4, 0.5) is 4.79 Å². The van der Waals surface area contributed by atoms with Crippen LogP contribution in [0, 0.1) is 0 Å². The van der Waals surface area contributed by atoms with E-state index in [1.165, 1.54) is 30.6 Å². The van der Waals surface area contributed by atoms with Crippen LogP contribution < -0.4 is 22.1 Å². The molecule has 4 nitrogen and oxygen atoms in total. The minimum atomic E-state index is -1.11. The van der Waals surface area contributed by atoms with Gasteiger partial charge in [0, 0.05) is 11.6 Å². The van der Waals surface area contributed by atoms with Crippen LogP contribution >= 0.6 is 0 Å². The minimum Gasteiger partial charge on any atom is -1.00 e. The third-order valence-corrected chi connectivity index (χ3v) is 5.28. The van der Waals surface area contributed by atoms with Gasteiger partial charge in [-0.05, 0) is 25.7 Å². The quantitative estimate of drug-likeness (QED) is 0.394. The van der Waals surface area contributed by atoms with Gasteiger partial charge in [-0.25, -0.2) is 0 Å². The van der Waals surface area contributed by atoms with Gasteiger partial charge in [-0.3, -0.25) is 4.99 Å². The van der Waals surface area contributed by atoms with Crippen LogP contribution in [-0.2, 0) is 0 Å². The third kappa shape index (κ3) is 6.24. The summed E-state index contributed by atoms with van der Waals surface area (Å²) in [4.78, 5) is 18.4. The Bertz CT molecular complexity index is 570. The van der Waals surface area contributed by atoms with E-state index >= 15 is 0 Å². The molecule has 1 amide bonds. The van der Waals surface area contributed by atoms with E-state index in [4.69, 9.17) is 4.99 Å². The van der Waals surface area contributed by atoms with E-state index in [2.05, 4.69) is 0 Å². The van der Waals surface area contributed by atoms with Crippen molar-refractivity contribution in [2.75, 3.05) is 0 Å². The number of carbonyl (C=O) groups is 1. The van der Waals surface area contributed by atoms with Crippen molar-refractivity contribution in [3.05, 3.63) is 35.9 Å². The van der Waals surface area contributed by atoms with Crippen molar-refractivity contribution in [2.24, 2.45) is 4.99 Å². The van der Waals surface area contributed by atoms with Crippen molar-refractivity contribution in [3.63, 3.8) is 0 Å². The molecule has 0 heterocycles. The SMILES string of the molecule is O=C([O-])N(C(=NC1CCCCC1)c1ccccc1)C1CCCCC1.[Br-].[Mg+2]. The van der Waals surface area contributed by atoms with Gasteiger partial charge in [0.25, 0.3) is 0 Å². The fourth-order valence-corrected chi connectivity index (χ4v) is 3.99. The maximum atomic E-state index is 12.0. The molecule has 0 atom stereocenters. The van der Waals surface area contributed by atoms with E-state index < -0.39 is 6.09 Å². The van der Waals surface area contributed by atoms with Crippen LogP contribution in [0.2, 0.25) is 0 Å². The number of carboxylic acid groups (broad SMARTS) is 1. The summed E-state index contributed by atoms with van der Waals surface area (Å²) < 4.78 is 0. The molecule has 0 aliphatic heterocycles. The molecule has 1 aromatic carbocycles. The van der Waals surface area contributed by atoms with Crippen molar-refractivity contribution in [1.29, 1.82) is 0 Å². The number of hydrogen-bond acceptors (Lipinski definition) is 3. The van der Waals surface area contributed by atoms with E-state index in [0.717, 1.165) is 44.1 Å². The topological polar surface area (TPSA) is 55.7 Å². The van der Waals surface area contributed by atoms with Crippen molar-refractivity contribution in [2.45, 2.75) is 76.3 Å². The van der Waals surface area contributed by atoms with Crippen molar-refractivity contribution < 1.29 is 26.9 Å². The number of carbonyl (C=O) groups excluding carboxylic acids is 1. The molecule has 0 unspecified atom stereocenters. The van der Waals surface area contributed by atoms with Gasteiger partial charge in [0.05, 0.1) is 6.04 Å². The van der Waals surface area contributed by atoms with Crippen LogP contribution in [0.25, 0.3) is 0 Å². The summed E-state index contributed by atoms with van der Waals surface area (Å²) in [5, 5.41) is 12.0. The average Bonchev–Trinajstić information content (AvgIpc) is 2.63. The number of rotatable bonds is 3. The molecule has 2 aliphatic rings. The molecular formula is C20H27BrMgN2O2. The van der Waals surface area contributed by atoms with E-state index in [-0.39, 0.29) is 52.1 Å². The van der Waals surface area contributed by atoms with Crippen LogP contribution in [0.1, 0.15) is 69.8 Å². The molecule has 2 aliphatic carbocycles. The summed E-state index contributed by atoms with van der Waals surface area (Å²) in [6.45, 7) is 0. The molecule has 2 fully saturated rings. The predicted octanol–water partition coefficient (Wildman–Crippen LogP) is 0.367. The van der Waals surface area contributed by atoms with Gasteiger partial charge in [-0.1, -0.05) is 68.9 Å². The van der Waals surface area contributed by atoms with Gasteiger partial charge < -0.3 is 31.8 Å². The number of amides is 1. The molecule has 0 aromatic heterocycles. The molecule has 138 valence electrons. The average molecular weight is 432 g/mol. The second-order valence-electron chi connectivity index (χ2n) is 7.04. The van der Waals surface area contributed by atoms with Crippen molar-refractivity contribution in [1.82, 2.24) is 4.90 Å². The zero-order valence-corrected chi connectivity index (χ0v) is 18.4. The summed E-state index contributed by atoms with van der Waals surface area (Å²) in [7, 11) is 0. The number of aliphatic imine (C=N–C) groups is 1. The van der Waals surface area contributed by atoms with E-state index in [0.29, 0.717) is 5.84 Å². The monoisotopic (exact) mass is 430 g/mol. The van der Waals surface area contributed by atoms with Crippen molar-refractivity contribution >= 4 is 35.0 Å². The Morgan fingerprint density at radius 1 is 0.923 bits per heavy atom. The summed E-state index contributed by atoms with van der Waals surface area (Å²) in [5.41, 5.74) is 0.887. The standard InChI is InChI=1S/C20H28N2O2.BrH.Mg/c23-20(24)22(18-14-8-3-9-15-18)19(16-10-4-1-5-11-16)21-17-12-6-2-7-13-17;;/h1,4-5,10-11,17-18H,2-3,6-9,12-15H2,(H,23,24);1H;/q;;+2/p-2. The second-order valence-corrected chi connectivity index (χ2v) is 7.04. The first-order valence-electron chi connectivity index (χ1n) is 9.39. The first-order chi connectivity index (χ1) is 11.8. The van der Waals surface area contributed by atoms with Crippen molar-refractivity contribution in [3.8, 4) is 0 Å². The second kappa shape index (κ2) is 12.0. The Balaban J connectivity index is 0.00000169. The van der Waals surface area contributed by atoms with Crippen LogP contribution in [0.5, 0.6) is 0 Å². The zero-order chi connectivity index (χ0) is 16.8. The molecule has 2 saturated carbocycles. The summed E-state index contributed by atoms with van der Waals surface area (Å²) in [6, 6.07) is 10.00. The maximum absolute atomic E-state index is 12.0. The minimum absolute atomic E-state index is 0. The molecule has 1 aromatic rings. The Hall–Kier alpha value is -0.594. The fourth-order valence-electron chi connectivity index (χ4n) is 3.99. The largest absolute Gasteiger partial charge is 2.00 e. The molecule has 3 rings (SSSR count). The molecule has 26 heavy (non-hydrogen) atoms. The number of nitrogens with zero attached hydrogens (tertiary/aromatic N) is 2. The van der Waals surface area contributed by atoms with Gasteiger partial charge in [-0.2, -0.15) is 0 Å². The number of halogens is 1. The first-order valence-corrected chi connectivity index (χ1v) is 9.39. The molecule has 0 bridgehead atoms. The smallest absolute Gasteiger partial charge is 1.00 e. The number of hydrogen-bond donors (Lipinski definition) is 0. The third-order valence-electron chi connectivity index (χ3n) is 5.28. The molecule has 6 heteroatoms. The van der Waals surface area contributed by atoms with Gasteiger partial charge in [0.2, 0.25) is 0 Å². The van der Waals surface area contributed by atoms with Gasteiger partial charge >= 0.3 is 23.1 Å². The van der Waals surface area contributed by atoms with E-state index in [9.17, 15) is 9.90 Å². The predicted molar refractivity (Wildman–Crippen MR) is 99.7 cm³/mol. The Morgan fingerprint density at radius 3 is 2.00 bits per heavy atom. The summed E-state index contributed by atoms with van der Waals surface area (Å²) in [5.74, 6) is 0.606. The maximum Gasteiger partial charge on any atom is 2.00 e. The van der Waals surface area contributed by atoms with Gasteiger partial charge in [-0.15, -0.1) is 0 Å². The van der Waals surface area contributed by atoms with Crippen LogP contribution in [0.3, 0.4) is 0 Å². The zero-order valence-electron chi connectivity index (χ0n) is 15.4. The Kier molecular flexibility index (Phi) is 10.8. The van der Waals surface area contributed by atoms with Crippen LogP contribution in [-0.4, -0.2) is 52.0 Å². The van der Waals surface area contributed by atoms with Crippen LogP contribution in [0.15, 0.2) is 35.3 Å². The van der Waals surface area contributed by atoms with E-state index in [1.54, 1.807) is 0 Å². The Labute approximate surface area is 183 Å². The summed E-state index contributed by atoms with van der Waals surface area (Å²) in [6.07, 6.45) is 9.81. The fraction of sp³-hybridized carbons (Fsp3) is 0.600. The summed E-state index contributed by atoms with van der Waals surface area (Å²) >= 11 is 0. The molecule has 0 spiro atoms. The Morgan fingerprint density at radius 2 is 1.46 bits per heavy atom. The molecule has 0 radical (unpaired) electrons. The first kappa shape index (κ1) is 23.4. The number of amidine groups is 1. The normalized spacial score (nSPS) is 19.2. The molecule has 0 saturated heterocycles. The van der Waals surface area contributed by atoms with Gasteiger partial charge in [0.15, 0.2) is 0 Å². The van der Waals surface area contributed by atoms with E-state index in [1.807, 2.05) is 30.3 Å².